The van der Waals surface area contributed by atoms with Crippen LogP contribution in [0.25, 0.3) is 10.9 Å². The molecule has 1 fully saturated rings. The third-order valence-corrected chi connectivity index (χ3v) is 4.22. The van der Waals surface area contributed by atoms with Crippen molar-refractivity contribution in [2.45, 2.75) is 26.4 Å². The highest BCUT2D eigenvalue weighted by molar-refractivity contribution is 6.36. The van der Waals surface area contributed by atoms with Crippen LogP contribution in [0.5, 0.6) is 0 Å². The van der Waals surface area contributed by atoms with E-state index in [-0.39, 0.29) is 6.09 Å². The standard InChI is InChI=1S/C16H22ClN5O2/c1-16(2,3)24-15(23)22-6-4-21(5-7-22)10-8-11(17)13-12(9-10)19-20-14(13)18/h8-9H,4-7H2,1-3H3,(H3,18,19,20). The molecule has 1 saturated heterocycles. The van der Waals surface area contributed by atoms with Gasteiger partial charge in [0.25, 0.3) is 0 Å². The Morgan fingerprint density at radius 1 is 1.29 bits per heavy atom. The highest BCUT2D eigenvalue weighted by atomic mass is 35.5. The number of nitrogens with zero attached hydrogens (tertiary/aromatic N) is 3. The zero-order valence-electron chi connectivity index (χ0n) is 14.1. The maximum absolute atomic E-state index is 12.1. The number of ether oxygens (including phenoxy) is 1. The van der Waals surface area contributed by atoms with E-state index >= 15 is 0 Å². The SMILES string of the molecule is CC(C)(C)OC(=O)N1CCN(c2cc(Cl)c3c(N)n[nH]c3c2)CC1. The molecule has 7 nitrogen and oxygen atoms in total. The number of rotatable bonds is 1. The molecule has 1 aromatic carbocycles. The predicted octanol–water partition coefficient (Wildman–Crippen LogP) is 2.86. The molecule has 0 aliphatic carbocycles. The summed E-state index contributed by atoms with van der Waals surface area (Å²) in [6, 6.07) is 3.87. The van der Waals surface area contributed by atoms with Crippen molar-refractivity contribution in [2.24, 2.45) is 0 Å². The van der Waals surface area contributed by atoms with Crippen LogP contribution in [0.3, 0.4) is 0 Å². The van der Waals surface area contributed by atoms with E-state index in [9.17, 15) is 4.79 Å². The quantitative estimate of drug-likeness (QED) is 0.824. The van der Waals surface area contributed by atoms with Crippen molar-refractivity contribution in [3.8, 4) is 0 Å². The van der Waals surface area contributed by atoms with Crippen molar-refractivity contribution >= 4 is 40.1 Å². The summed E-state index contributed by atoms with van der Waals surface area (Å²) >= 11 is 6.33. The van der Waals surface area contributed by atoms with E-state index in [1.54, 1.807) is 4.90 Å². The van der Waals surface area contributed by atoms with Gasteiger partial charge in [0.2, 0.25) is 0 Å². The lowest BCUT2D eigenvalue weighted by Crippen LogP contribution is -2.50. The molecule has 1 amide bonds. The molecule has 24 heavy (non-hydrogen) atoms. The molecule has 8 heteroatoms. The number of nitrogens with two attached hydrogens (primary N) is 1. The Morgan fingerprint density at radius 3 is 2.58 bits per heavy atom. The molecule has 0 bridgehead atoms. The first kappa shape index (κ1) is 16.7. The number of H-pyrrole nitrogens is 1. The zero-order valence-corrected chi connectivity index (χ0v) is 14.9. The first-order valence-electron chi connectivity index (χ1n) is 7.90. The number of aromatic nitrogens is 2. The first-order valence-corrected chi connectivity index (χ1v) is 8.28. The van der Waals surface area contributed by atoms with Crippen molar-refractivity contribution < 1.29 is 9.53 Å². The lowest BCUT2D eigenvalue weighted by atomic mass is 10.2. The third kappa shape index (κ3) is 3.36. The monoisotopic (exact) mass is 351 g/mol. The summed E-state index contributed by atoms with van der Waals surface area (Å²) in [4.78, 5) is 16.0. The fourth-order valence-electron chi connectivity index (χ4n) is 2.77. The number of nitrogen functional groups attached to an aromatic ring is 1. The van der Waals surface area contributed by atoms with Gasteiger partial charge in [-0.2, -0.15) is 5.10 Å². The summed E-state index contributed by atoms with van der Waals surface area (Å²) in [5.74, 6) is 0.399. The number of amides is 1. The van der Waals surface area contributed by atoms with Crippen LogP contribution >= 0.6 is 11.6 Å². The summed E-state index contributed by atoms with van der Waals surface area (Å²) < 4.78 is 5.42. The summed E-state index contributed by atoms with van der Waals surface area (Å²) in [7, 11) is 0. The number of fused-ring (bicyclic) bond motifs is 1. The number of halogens is 1. The van der Waals surface area contributed by atoms with E-state index in [4.69, 9.17) is 22.1 Å². The molecule has 1 aliphatic rings. The molecule has 3 N–H and O–H groups in total. The van der Waals surface area contributed by atoms with E-state index in [0.29, 0.717) is 37.0 Å². The molecule has 3 rings (SSSR count). The van der Waals surface area contributed by atoms with E-state index in [2.05, 4.69) is 15.1 Å². The summed E-state index contributed by atoms with van der Waals surface area (Å²) in [6.45, 7) is 8.25. The topological polar surface area (TPSA) is 87.5 Å². The Labute approximate surface area is 145 Å². The number of anilines is 2. The maximum atomic E-state index is 12.1. The number of carbonyl (C=O) groups is 1. The van der Waals surface area contributed by atoms with Crippen LogP contribution < -0.4 is 10.6 Å². The molecule has 0 spiro atoms. The fraction of sp³-hybridized carbons (Fsp3) is 0.500. The molecule has 0 unspecified atom stereocenters. The van der Waals surface area contributed by atoms with Crippen LogP contribution in [-0.4, -0.2) is 53.0 Å². The average molecular weight is 352 g/mol. The predicted molar refractivity (Wildman–Crippen MR) is 95.5 cm³/mol. The van der Waals surface area contributed by atoms with Gasteiger partial charge in [-0.25, -0.2) is 4.79 Å². The minimum absolute atomic E-state index is 0.267. The van der Waals surface area contributed by atoms with E-state index in [1.165, 1.54) is 0 Å². The van der Waals surface area contributed by atoms with Crippen molar-refractivity contribution in [1.82, 2.24) is 15.1 Å². The second-order valence-electron chi connectivity index (χ2n) is 6.91. The van der Waals surface area contributed by atoms with Crippen LogP contribution in [0.1, 0.15) is 20.8 Å². The van der Waals surface area contributed by atoms with Gasteiger partial charge in [0.05, 0.1) is 15.9 Å². The molecule has 2 aromatic rings. The van der Waals surface area contributed by atoms with Gasteiger partial charge in [0.15, 0.2) is 5.82 Å². The molecule has 2 heterocycles. The normalized spacial score (nSPS) is 15.8. The van der Waals surface area contributed by atoms with Crippen LogP contribution in [-0.2, 0) is 4.74 Å². The van der Waals surface area contributed by atoms with Gasteiger partial charge in [-0.05, 0) is 32.9 Å². The highest BCUT2D eigenvalue weighted by Gasteiger charge is 2.26. The maximum Gasteiger partial charge on any atom is 0.410 e. The Kier molecular flexibility index (Phi) is 4.21. The first-order chi connectivity index (χ1) is 11.2. The van der Waals surface area contributed by atoms with Gasteiger partial charge >= 0.3 is 6.09 Å². The zero-order chi connectivity index (χ0) is 17.5. The second-order valence-corrected chi connectivity index (χ2v) is 7.32. The van der Waals surface area contributed by atoms with Crippen LogP contribution in [0, 0.1) is 0 Å². The molecule has 1 aromatic heterocycles. The third-order valence-electron chi connectivity index (χ3n) is 3.92. The number of carbonyl (C=O) groups excluding carboxylic acids is 1. The Morgan fingerprint density at radius 2 is 1.96 bits per heavy atom. The van der Waals surface area contributed by atoms with Gasteiger partial charge < -0.3 is 20.3 Å². The molecule has 1 aliphatic heterocycles. The second kappa shape index (κ2) is 6.05. The van der Waals surface area contributed by atoms with Gasteiger partial charge in [-0.1, -0.05) is 11.6 Å². The molecule has 0 saturated carbocycles. The fourth-order valence-corrected chi connectivity index (χ4v) is 3.08. The Balaban J connectivity index is 1.70. The minimum Gasteiger partial charge on any atom is -0.444 e. The van der Waals surface area contributed by atoms with Gasteiger partial charge in [-0.3, -0.25) is 5.10 Å². The summed E-state index contributed by atoms with van der Waals surface area (Å²) in [5, 5.41) is 8.20. The largest absolute Gasteiger partial charge is 0.444 e. The van der Waals surface area contributed by atoms with Crippen LogP contribution in [0.4, 0.5) is 16.3 Å². The lowest BCUT2D eigenvalue weighted by Gasteiger charge is -2.36. The number of nitrogens with one attached hydrogen (secondary N) is 1. The summed E-state index contributed by atoms with van der Waals surface area (Å²) in [6.07, 6.45) is -0.267. The Bertz CT molecular complexity index is 760. The van der Waals surface area contributed by atoms with Gasteiger partial charge in [0, 0.05) is 31.9 Å². The minimum atomic E-state index is -0.479. The van der Waals surface area contributed by atoms with Crippen molar-refractivity contribution in [1.29, 1.82) is 0 Å². The molecule has 0 radical (unpaired) electrons. The van der Waals surface area contributed by atoms with Gasteiger partial charge in [-0.15, -0.1) is 0 Å². The average Bonchev–Trinajstić information content (AvgIpc) is 2.87. The Hall–Kier alpha value is -2.15. The van der Waals surface area contributed by atoms with E-state index in [1.807, 2.05) is 32.9 Å². The van der Waals surface area contributed by atoms with E-state index < -0.39 is 5.60 Å². The summed E-state index contributed by atoms with van der Waals surface area (Å²) in [5.41, 5.74) is 7.13. The number of aromatic amines is 1. The molecular weight excluding hydrogens is 330 g/mol. The smallest absolute Gasteiger partial charge is 0.410 e. The van der Waals surface area contributed by atoms with Crippen molar-refractivity contribution in [3.05, 3.63) is 17.2 Å². The number of piperazine rings is 1. The van der Waals surface area contributed by atoms with Gasteiger partial charge in [0.1, 0.15) is 5.60 Å². The molecule has 0 atom stereocenters. The number of benzene rings is 1. The number of hydrogen-bond acceptors (Lipinski definition) is 5. The number of hydrogen-bond donors (Lipinski definition) is 2. The van der Waals surface area contributed by atoms with Crippen molar-refractivity contribution in [3.63, 3.8) is 0 Å². The van der Waals surface area contributed by atoms with E-state index in [0.717, 1.165) is 16.6 Å². The van der Waals surface area contributed by atoms with Crippen LogP contribution in [0.15, 0.2) is 12.1 Å². The lowest BCUT2D eigenvalue weighted by molar-refractivity contribution is 0.0240. The van der Waals surface area contributed by atoms with Crippen LogP contribution in [0.2, 0.25) is 5.02 Å². The molecule has 130 valence electrons. The van der Waals surface area contributed by atoms with Crippen molar-refractivity contribution in [2.75, 3.05) is 36.8 Å². The molecular formula is C16H22ClN5O2. The highest BCUT2D eigenvalue weighted by Crippen LogP contribution is 2.32.